The van der Waals surface area contributed by atoms with Crippen LogP contribution in [0, 0.1) is 6.92 Å². The molecule has 206 valence electrons. The number of nitrogens with zero attached hydrogens (tertiary/aromatic N) is 2. The molecule has 0 radical (unpaired) electrons. The van der Waals surface area contributed by atoms with Gasteiger partial charge in [-0.25, -0.2) is 9.59 Å². The lowest BCUT2D eigenvalue weighted by molar-refractivity contribution is -0.193. The number of carboxylic acids is 2. The van der Waals surface area contributed by atoms with Gasteiger partial charge in [0.1, 0.15) is 11.9 Å². The van der Waals surface area contributed by atoms with E-state index in [4.69, 9.17) is 29.3 Å². The first-order chi connectivity index (χ1) is 17.1. The molecular formula is C22H24F6N2O6S. The molecule has 2 fully saturated rings. The summed E-state index contributed by atoms with van der Waals surface area (Å²) in [4.78, 5) is 25.9. The number of hydrogen-bond donors (Lipinski definition) is 2. The second-order valence-corrected chi connectivity index (χ2v) is 9.23. The van der Waals surface area contributed by atoms with Crippen LogP contribution < -0.4 is 4.74 Å². The zero-order valence-corrected chi connectivity index (χ0v) is 20.2. The van der Waals surface area contributed by atoms with E-state index in [-0.39, 0.29) is 11.7 Å². The molecule has 2 aliphatic rings. The molecule has 2 N–H and O–H groups in total. The van der Waals surface area contributed by atoms with Crippen molar-refractivity contribution >= 4 is 23.3 Å². The molecule has 15 heteroatoms. The Morgan fingerprint density at radius 1 is 1.16 bits per heavy atom. The summed E-state index contributed by atoms with van der Waals surface area (Å²) < 4.78 is 75.7. The third kappa shape index (κ3) is 9.81. The van der Waals surface area contributed by atoms with Crippen molar-refractivity contribution in [2.75, 3.05) is 19.7 Å². The van der Waals surface area contributed by atoms with Gasteiger partial charge < -0.3 is 19.7 Å². The largest absolute Gasteiger partial charge is 0.490 e. The van der Waals surface area contributed by atoms with E-state index in [2.05, 4.69) is 28.3 Å². The standard InChI is InChI=1S/C18H22N2O2S.2C2HF3O2/c1-14-5-8-23-17(14)11-20-12-18(13-20)9-15(4-7-21-18)22-16-3-2-6-19-10-16;2*3-2(4,5)1(6)7/h2-3,5-6,8,10,15H,4,7,9,11-13H2,1H3;2*(H,6,7). The van der Waals surface area contributed by atoms with E-state index in [0.29, 0.717) is 0 Å². The van der Waals surface area contributed by atoms with Crippen molar-refractivity contribution < 1.29 is 55.6 Å². The van der Waals surface area contributed by atoms with Gasteiger partial charge in [0, 0.05) is 43.5 Å². The summed E-state index contributed by atoms with van der Waals surface area (Å²) in [5, 5.41) is 16.4. The lowest BCUT2D eigenvalue weighted by atomic mass is 9.84. The van der Waals surface area contributed by atoms with Crippen LogP contribution in [0.3, 0.4) is 0 Å². The number of rotatable bonds is 4. The van der Waals surface area contributed by atoms with Crippen LogP contribution in [-0.2, 0) is 20.9 Å². The quantitative estimate of drug-likeness (QED) is 0.527. The fraction of sp³-hybridized carbons (Fsp3) is 0.500. The van der Waals surface area contributed by atoms with Crippen molar-refractivity contribution in [3.63, 3.8) is 0 Å². The maximum atomic E-state index is 10.6. The zero-order chi connectivity index (χ0) is 27.9. The second-order valence-electron chi connectivity index (χ2n) is 8.23. The minimum absolute atomic E-state index is 0.00368. The van der Waals surface area contributed by atoms with Crippen LogP contribution in [0.4, 0.5) is 26.3 Å². The van der Waals surface area contributed by atoms with E-state index in [9.17, 15) is 26.3 Å². The fourth-order valence-electron chi connectivity index (χ4n) is 3.56. The molecule has 4 rings (SSSR count). The van der Waals surface area contributed by atoms with Gasteiger partial charge in [-0.1, -0.05) is 0 Å². The lowest BCUT2D eigenvalue weighted by Crippen LogP contribution is -2.65. The van der Waals surface area contributed by atoms with E-state index in [1.165, 1.54) is 10.4 Å². The van der Waals surface area contributed by atoms with Crippen molar-refractivity contribution in [1.29, 1.82) is 0 Å². The van der Waals surface area contributed by atoms with Gasteiger partial charge in [-0.2, -0.15) is 26.3 Å². The Morgan fingerprint density at radius 2 is 1.76 bits per heavy atom. The molecule has 2 saturated heterocycles. The number of likely N-dealkylation sites (tertiary alicyclic amines) is 1. The van der Waals surface area contributed by atoms with E-state index in [0.717, 1.165) is 44.8 Å². The zero-order valence-electron chi connectivity index (χ0n) is 19.4. The Morgan fingerprint density at radius 3 is 2.22 bits per heavy atom. The van der Waals surface area contributed by atoms with Crippen LogP contribution in [0.25, 0.3) is 0 Å². The van der Waals surface area contributed by atoms with Gasteiger partial charge in [-0.3, -0.25) is 9.88 Å². The molecule has 2 aliphatic heterocycles. The van der Waals surface area contributed by atoms with Crippen LogP contribution in [0.15, 0.2) is 36.0 Å². The third-order valence-electron chi connectivity index (χ3n) is 5.23. The molecule has 2 aromatic heterocycles. The number of carbonyl (C=O) groups is 2. The number of pyridine rings is 1. The first kappa shape index (κ1) is 30.3. The van der Waals surface area contributed by atoms with Gasteiger partial charge in [0.2, 0.25) is 0 Å². The molecule has 0 aliphatic carbocycles. The number of alkyl halides is 6. The normalized spacial score (nSPS) is 18.9. The first-order valence-electron chi connectivity index (χ1n) is 10.7. The van der Waals surface area contributed by atoms with Gasteiger partial charge in [0.25, 0.3) is 0 Å². The van der Waals surface area contributed by atoms with Crippen LogP contribution >= 0.6 is 11.3 Å². The van der Waals surface area contributed by atoms with Crippen LogP contribution in [0.2, 0.25) is 0 Å². The van der Waals surface area contributed by atoms with Crippen LogP contribution in [0.5, 0.6) is 5.75 Å². The van der Waals surface area contributed by atoms with Crippen molar-refractivity contribution in [3.8, 4) is 5.75 Å². The van der Waals surface area contributed by atoms with Crippen LogP contribution in [0.1, 0.15) is 23.3 Å². The third-order valence-corrected chi connectivity index (χ3v) is 6.24. The number of aliphatic carboxylic acids is 2. The van der Waals surface area contributed by atoms with Gasteiger partial charge in [0.15, 0.2) is 0 Å². The van der Waals surface area contributed by atoms with Crippen molar-refractivity contribution in [2.24, 2.45) is 0 Å². The Labute approximate surface area is 211 Å². The predicted octanol–water partition coefficient (Wildman–Crippen LogP) is 4.53. The number of halogens is 6. The average molecular weight is 558 g/mol. The molecular weight excluding hydrogens is 534 g/mol. The summed E-state index contributed by atoms with van der Waals surface area (Å²) in [6, 6.07) is 6.09. The first-order valence-corrected chi connectivity index (χ1v) is 11.6. The summed E-state index contributed by atoms with van der Waals surface area (Å²) in [7, 11) is 0. The van der Waals surface area contributed by atoms with Gasteiger partial charge >= 0.3 is 24.3 Å². The smallest absolute Gasteiger partial charge is 0.489 e. The molecule has 0 amide bonds. The summed E-state index contributed by atoms with van der Waals surface area (Å²) >= 11 is 1.85. The van der Waals surface area contributed by atoms with E-state index < -0.39 is 24.3 Å². The summed E-state index contributed by atoms with van der Waals surface area (Å²) in [5.74, 6) is -4.65. The Balaban J connectivity index is 0.000000286. The van der Waals surface area contributed by atoms with Gasteiger partial charge in [-0.05, 0) is 36.1 Å². The molecule has 1 atom stereocenters. The Bertz CT molecular complexity index is 1000. The highest BCUT2D eigenvalue weighted by Gasteiger charge is 2.48. The monoisotopic (exact) mass is 558 g/mol. The maximum Gasteiger partial charge on any atom is 0.490 e. The Hall–Kier alpha value is -2.91. The topological polar surface area (TPSA) is 109 Å². The predicted molar refractivity (Wildman–Crippen MR) is 118 cm³/mol. The number of aryl methyl sites for hydroxylation is 1. The van der Waals surface area contributed by atoms with Gasteiger partial charge in [0.05, 0.1) is 18.4 Å². The molecule has 37 heavy (non-hydrogen) atoms. The fourth-order valence-corrected chi connectivity index (χ4v) is 4.51. The van der Waals surface area contributed by atoms with E-state index in [1.54, 1.807) is 12.4 Å². The highest BCUT2D eigenvalue weighted by molar-refractivity contribution is 7.10. The number of hydrogen-bond acceptors (Lipinski definition) is 7. The number of ether oxygens (including phenoxy) is 2. The van der Waals surface area contributed by atoms with E-state index in [1.807, 2.05) is 23.5 Å². The minimum atomic E-state index is -5.08. The molecule has 4 heterocycles. The van der Waals surface area contributed by atoms with Crippen molar-refractivity contribution in [1.82, 2.24) is 9.88 Å². The SMILES string of the molecule is Cc1ccsc1CN1CC2(CC(Oc3cccnc3)CCO2)C1.O=C(O)C(F)(F)F.O=C(O)C(F)(F)F. The summed E-state index contributed by atoms with van der Waals surface area (Å²) in [6.45, 7) is 6.05. The Kier molecular flexibility index (Phi) is 10.3. The highest BCUT2D eigenvalue weighted by Crippen LogP contribution is 2.37. The number of carboxylic acid groups (broad SMARTS) is 2. The molecule has 1 spiro atoms. The molecule has 1 unspecified atom stereocenters. The molecule has 0 aromatic carbocycles. The van der Waals surface area contributed by atoms with E-state index >= 15 is 0 Å². The number of thiophene rings is 1. The van der Waals surface area contributed by atoms with Gasteiger partial charge in [-0.15, -0.1) is 11.3 Å². The highest BCUT2D eigenvalue weighted by atomic mass is 32.1. The maximum absolute atomic E-state index is 10.6. The lowest BCUT2D eigenvalue weighted by Gasteiger charge is -2.53. The molecule has 8 nitrogen and oxygen atoms in total. The summed E-state index contributed by atoms with van der Waals surface area (Å²) in [6.07, 6.45) is -4.44. The average Bonchev–Trinajstić information content (AvgIpc) is 3.17. The van der Waals surface area contributed by atoms with Crippen LogP contribution in [-0.4, -0.2) is 75.8 Å². The molecule has 0 saturated carbocycles. The minimum Gasteiger partial charge on any atom is -0.489 e. The summed E-state index contributed by atoms with van der Waals surface area (Å²) in [5.41, 5.74) is 1.40. The van der Waals surface area contributed by atoms with Crippen molar-refractivity contribution in [2.45, 2.75) is 50.4 Å². The second kappa shape index (κ2) is 12.6. The number of aromatic nitrogens is 1. The molecule has 2 aromatic rings. The van der Waals surface area contributed by atoms with Crippen molar-refractivity contribution in [3.05, 3.63) is 46.4 Å². The molecule has 0 bridgehead atoms.